The summed E-state index contributed by atoms with van der Waals surface area (Å²) in [4.78, 5) is 57.4. The van der Waals surface area contributed by atoms with Gasteiger partial charge in [-0.2, -0.15) is 0 Å². The second kappa shape index (κ2) is 8.05. The number of nitro benzene ring substituents is 1. The number of fused-ring (bicyclic) bond motifs is 1. The first-order chi connectivity index (χ1) is 14.1. The molecule has 154 valence electrons. The number of amides is 1. The maximum Gasteiger partial charge on any atom is 0.339 e. The SMILES string of the molecule is O=C(Nc1c(Cl)cc([N+](=O)[O-])cc1Cl)C(=O)[C@H]([C@H]1OC(=O)c2ccccc21)[N+](=O)[O-]. The van der Waals surface area contributed by atoms with Crippen LogP contribution in [-0.2, 0) is 14.3 Å². The molecule has 2 atom stereocenters. The van der Waals surface area contributed by atoms with E-state index in [0.717, 1.165) is 12.1 Å². The van der Waals surface area contributed by atoms with E-state index >= 15 is 0 Å². The number of ketones is 1. The highest BCUT2D eigenvalue weighted by molar-refractivity contribution is 6.46. The number of nitro groups is 2. The van der Waals surface area contributed by atoms with Crippen LogP contribution in [0.25, 0.3) is 0 Å². The largest absolute Gasteiger partial charge is 0.446 e. The zero-order valence-electron chi connectivity index (χ0n) is 14.5. The fourth-order valence-corrected chi connectivity index (χ4v) is 3.42. The molecule has 0 spiro atoms. The van der Waals surface area contributed by atoms with Gasteiger partial charge >= 0.3 is 12.0 Å². The molecule has 0 radical (unpaired) electrons. The summed E-state index contributed by atoms with van der Waals surface area (Å²) in [6.07, 6.45) is -1.61. The molecule has 0 saturated carbocycles. The summed E-state index contributed by atoms with van der Waals surface area (Å²) in [7, 11) is 0. The molecule has 30 heavy (non-hydrogen) atoms. The molecule has 13 heteroatoms. The summed E-state index contributed by atoms with van der Waals surface area (Å²) in [5, 5.41) is 23.7. The molecule has 1 aliphatic heterocycles. The van der Waals surface area contributed by atoms with Crippen molar-refractivity contribution in [2.75, 3.05) is 5.32 Å². The van der Waals surface area contributed by atoms with Gasteiger partial charge in [0.2, 0.25) is 6.10 Å². The van der Waals surface area contributed by atoms with Gasteiger partial charge in [0.25, 0.3) is 17.4 Å². The number of halogens is 2. The lowest BCUT2D eigenvalue weighted by atomic mass is 9.97. The van der Waals surface area contributed by atoms with Gasteiger partial charge in [0.15, 0.2) is 0 Å². The number of carbonyl (C=O) groups is 3. The third kappa shape index (κ3) is 3.80. The third-order valence-electron chi connectivity index (χ3n) is 4.20. The Labute approximate surface area is 176 Å². The average molecular weight is 454 g/mol. The van der Waals surface area contributed by atoms with Crippen LogP contribution in [0.5, 0.6) is 0 Å². The molecule has 1 heterocycles. The van der Waals surface area contributed by atoms with Crippen LogP contribution in [0.3, 0.4) is 0 Å². The lowest BCUT2D eigenvalue weighted by molar-refractivity contribution is -0.518. The Balaban J connectivity index is 1.89. The smallest absolute Gasteiger partial charge is 0.339 e. The molecule has 0 saturated heterocycles. The number of rotatable bonds is 6. The number of esters is 1. The van der Waals surface area contributed by atoms with E-state index in [1.165, 1.54) is 24.3 Å². The zero-order valence-corrected chi connectivity index (χ0v) is 16.0. The number of Topliss-reactive ketones (excluding diaryl/α,β-unsaturated/α-hetero) is 1. The number of nitrogens with zero attached hydrogens (tertiary/aromatic N) is 2. The van der Waals surface area contributed by atoms with Gasteiger partial charge in [-0.15, -0.1) is 0 Å². The predicted octanol–water partition coefficient (Wildman–Crippen LogP) is 2.97. The molecular formula is C17H9Cl2N3O8. The van der Waals surface area contributed by atoms with Crippen LogP contribution in [0.4, 0.5) is 11.4 Å². The summed E-state index contributed by atoms with van der Waals surface area (Å²) in [5.41, 5.74) is -0.666. The monoisotopic (exact) mass is 453 g/mol. The third-order valence-corrected chi connectivity index (χ3v) is 4.80. The number of benzene rings is 2. The van der Waals surface area contributed by atoms with Gasteiger partial charge in [-0.3, -0.25) is 29.8 Å². The fourth-order valence-electron chi connectivity index (χ4n) is 2.85. The quantitative estimate of drug-likeness (QED) is 0.302. The van der Waals surface area contributed by atoms with E-state index in [1.807, 2.05) is 5.32 Å². The summed E-state index contributed by atoms with van der Waals surface area (Å²) in [6, 6.07) is 5.28. The topological polar surface area (TPSA) is 159 Å². The van der Waals surface area contributed by atoms with Gasteiger partial charge in [0.05, 0.1) is 26.2 Å². The van der Waals surface area contributed by atoms with Crippen molar-refractivity contribution in [3.05, 3.63) is 77.8 Å². The van der Waals surface area contributed by atoms with Gasteiger partial charge in [0.1, 0.15) is 0 Å². The molecule has 3 rings (SSSR count). The molecule has 1 N–H and O–H groups in total. The number of ether oxygens (including phenoxy) is 1. The van der Waals surface area contributed by atoms with Crippen molar-refractivity contribution in [1.82, 2.24) is 0 Å². The Bertz CT molecular complexity index is 1100. The van der Waals surface area contributed by atoms with Crippen LogP contribution in [0.15, 0.2) is 36.4 Å². The maximum absolute atomic E-state index is 12.6. The Hall–Kier alpha value is -3.57. The van der Waals surface area contributed by atoms with Crippen molar-refractivity contribution in [2.24, 2.45) is 0 Å². The number of carbonyl (C=O) groups excluding carboxylic acids is 3. The molecule has 0 unspecified atom stereocenters. The standard InChI is InChI=1S/C17H9Cl2N3O8/c18-10-5-7(21(26)27)6-11(19)12(10)20-16(24)14(23)13(22(28)29)15-8-3-1-2-4-9(8)17(25)30-15/h1-6,13,15H,(H,20,24)/t13-,15+/m1/s1. The molecule has 0 bridgehead atoms. The number of anilines is 1. The summed E-state index contributed by atoms with van der Waals surface area (Å²) in [5.74, 6) is -3.85. The minimum absolute atomic E-state index is 0.0454. The van der Waals surface area contributed by atoms with E-state index in [9.17, 15) is 34.6 Å². The minimum Gasteiger partial charge on any atom is -0.446 e. The second-order valence-electron chi connectivity index (χ2n) is 6.00. The van der Waals surface area contributed by atoms with Crippen molar-refractivity contribution in [2.45, 2.75) is 12.1 Å². The van der Waals surface area contributed by atoms with Crippen molar-refractivity contribution >= 4 is 52.2 Å². The van der Waals surface area contributed by atoms with Crippen molar-refractivity contribution in [3.8, 4) is 0 Å². The van der Waals surface area contributed by atoms with Gasteiger partial charge in [-0.1, -0.05) is 41.4 Å². The minimum atomic E-state index is -2.23. The molecule has 2 aromatic rings. The Kier molecular flexibility index (Phi) is 5.67. The molecule has 0 aliphatic carbocycles. The van der Waals surface area contributed by atoms with E-state index in [2.05, 4.69) is 0 Å². The molecule has 2 aromatic carbocycles. The maximum atomic E-state index is 12.6. The number of non-ortho nitro benzene ring substituents is 1. The van der Waals surface area contributed by atoms with E-state index < -0.39 is 45.3 Å². The first-order valence-electron chi connectivity index (χ1n) is 8.04. The Morgan fingerprint density at radius 1 is 1.10 bits per heavy atom. The van der Waals surface area contributed by atoms with Crippen molar-refractivity contribution < 1.29 is 29.0 Å². The highest BCUT2D eigenvalue weighted by atomic mass is 35.5. The van der Waals surface area contributed by atoms with Crippen LogP contribution in [0.2, 0.25) is 10.0 Å². The molecular weight excluding hydrogens is 445 g/mol. The number of nitrogens with one attached hydrogen (secondary N) is 1. The van der Waals surface area contributed by atoms with E-state index in [1.54, 1.807) is 0 Å². The summed E-state index contributed by atoms with van der Waals surface area (Å²) in [6.45, 7) is 0. The van der Waals surface area contributed by atoms with E-state index in [0.29, 0.717) is 0 Å². The first-order valence-corrected chi connectivity index (χ1v) is 8.79. The van der Waals surface area contributed by atoms with Gasteiger partial charge < -0.3 is 10.1 Å². The Morgan fingerprint density at radius 3 is 2.27 bits per heavy atom. The molecule has 1 aliphatic rings. The Morgan fingerprint density at radius 2 is 1.70 bits per heavy atom. The summed E-state index contributed by atoms with van der Waals surface area (Å²) >= 11 is 11.7. The van der Waals surface area contributed by atoms with Crippen LogP contribution in [0.1, 0.15) is 22.0 Å². The predicted molar refractivity (Wildman–Crippen MR) is 102 cm³/mol. The van der Waals surface area contributed by atoms with E-state index in [4.69, 9.17) is 27.9 Å². The van der Waals surface area contributed by atoms with Crippen molar-refractivity contribution in [1.29, 1.82) is 0 Å². The fraction of sp³-hybridized carbons (Fsp3) is 0.118. The number of hydrogen-bond donors (Lipinski definition) is 1. The van der Waals surface area contributed by atoms with E-state index in [-0.39, 0.29) is 26.9 Å². The lowest BCUT2D eigenvalue weighted by Crippen LogP contribution is -2.42. The van der Waals surface area contributed by atoms with Crippen LogP contribution in [0, 0.1) is 20.2 Å². The van der Waals surface area contributed by atoms with Crippen LogP contribution >= 0.6 is 23.2 Å². The van der Waals surface area contributed by atoms with Crippen molar-refractivity contribution in [3.63, 3.8) is 0 Å². The van der Waals surface area contributed by atoms with Crippen LogP contribution in [-0.4, -0.2) is 33.5 Å². The summed E-state index contributed by atoms with van der Waals surface area (Å²) < 4.78 is 4.96. The highest BCUT2D eigenvalue weighted by Gasteiger charge is 2.49. The molecule has 0 aromatic heterocycles. The highest BCUT2D eigenvalue weighted by Crippen LogP contribution is 2.36. The first kappa shape index (κ1) is 21.1. The zero-order chi connectivity index (χ0) is 22.2. The number of cyclic esters (lactones) is 1. The second-order valence-corrected chi connectivity index (χ2v) is 6.82. The average Bonchev–Trinajstić information content (AvgIpc) is 3.00. The lowest BCUT2D eigenvalue weighted by Gasteiger charge is -2.15. The van der Waals surface area contributed by atoms with Gasteiger partial charge in [0, 0.05) is 22.6 Å². The molecule has 0 fully saturated rings. The van der Waals surface area contributed by atoms with Gasteiger partial charge in [-0.25, -0.2) is 4.79 Å². The van der Waals surface area contributed by atoms with Gasteiger partial charge in [-0.05, 0) is 6.07 Å². The molecule has 11 nitrogen and oxygen atoms in total. The normalized spacial score (nSPS) is 15.7. The number of hydrogen-bond acceptors (Lipinski definition) is 8. The van der Waals surface area contributed by atoms with Crippen LogP contribution < -0.4 is 5.32 Å². The molecule has 1 amide bonds.